The van der Waals surface area contributed by atoms with E-state index in [1.54, 1.807) is 0 Å². The highest BCUT2D eigenvalue weighted by Crippen LogP contribution is 2.64. The molecule has 0 N–H and O–H groups in total. The molecule has 1 aliphatic rings. The summed E-state index contributed by atoms with van der Waals surface area (Å²) in [5.74, 6) is 0. The summed E-state index contributed by atoms with van der Waals surface area (Å²) in [5, 5.41) is -3.22. The predicted octanol–water partition coefficient (Wildman–Crippen LogP) is 6.96. The first-order chi connectivity index (χ1) is 9.41. The van der Waals surface area contributed by atoms with Crippen LogP contribution in [0.5, 0.6) is 0 Å². The van der Waals surface area contributed by atoms with Crippen molar-refractivity contribution in [2.45, 2.75) is 20.0 Å². The summed E-state index contributed by atoms with van der Waals surface area (Å²) in [7, 11) is 0. The highest BCUT2D eigenvalue weighted by atomic mass is 36.0. The van der Waals surface area contributed by atoms with Crippen LogP contribution in [-0.2, 0) is 18.2 Å². The third kappa shape index (κ3) is 7.72. The zero-order valence-corrected chi connectivity index (χ0v) is 16.0. The normalized spacial score (nSPS) is 28.4. The molecule has 0 spiro atoms. The minimum absolute atomic E-state index is 0.246. The summed E-state index contributed by atoms with van der Waals surface area (Å²) in [6.45, 7) is 0.912. The van der Waals surface area contributed by atoms with Crippen LogP contribution in [-0.4, -0.2) is 6.61 Å². The van der Waals surface area contributed by atoms with E-state index in [1.165, 1.54) is 0 Å². The Bertz CT molecular complexity index is 552. The van der Waals surface area contributed by atoms with E-state index in [0.29, 0.717) is 6.61 Å². The first kappa shape index (κ1) is 19.8. The van der Waals surface area contributed by atoms with Gasteiger partial charge in [0.15, 0.2) is 0 Å². The quantitative estimate of drug-likeness (QED) is 0.467. The van der Waals surface area contributed by atoms with Gasteiger partial charge in [-0.2, -0.15) is 0 Å². The Hall–Kier alpha value is 0.760. The molecule has 1 aliphatic heterocycles. The summed E-state index contributed by atoms with van der Waals surface area (Å²) in [6.07, 6.45) is -0.300. The lowest BCUT2D eigenvalue weighted by molar-refractivity contribution is -0.0203. The van der Waals surface area contributed by atoms with Gasteiger partial charge in [0.1, 0.15) is 6.10 Å². The third-order valence-corrected chi connectivity index (χ3v) is 4.07. The maximum Gasteiger partial charge on any atom is 0.424 e. The minimum atomic E-state index is -3.42. The molecule has 0 bridgehead atoms. The van der Waals surface area contributed by atoms with Gasteiger partial charge >= 0.3 is 12.1 Å². The molecule has 2 atom stereocenters. The van der Waals surface area contributed by atoms with E-state index in [1.807, 2.05) is 44.2 Å². The van der Waals surface area contributed by atoms with Crippen LogP contribution in [0.25, 0.3) is 0 Å². The lowest BCUT2D eigenvalue weighted by Crippen LogP contribution is -2.32. The molecule has 10 heteroatoms. The summed E-state index contributed by atoms with van der Waals surface area (Å²) in [6, 6.07) is 9.64. The predicted molar refractivity (Wildman–Crippen MR) is 88.6 cm³/mol. The van der Waals surface area contributed by atoms with E-state index in [-0.39, 0.29) is 11.5 Å². The van der Waals surface area contributed by atoms with Crippen LogP contribution in [0.15, 0.2) is 30.3 Å². The van der Waals surface area contributed by atoms with Crippen LogP contribution in [0.2, 0.25) is 0 Å². The molecule has 4 nitrogen and oxygen atoms in total. The van der Waals surface area contributed by atoms with E-state index in [9.17, 15) is 9.13 Å². The Morgan fingerprint density at radius 3 is 2.19 bits per heavy atom. The molecular weight excluding hydrogens is 400 g/mol. The van der Waals surface area contributed by atoms with Crippen molar-refractivity contribution in [1.29, 1.82) is 0 Å². The first-order valence-corrected chi connectivity index (χ1v) is 12.6. The molecule has 120 valence electrons. The molecule has 1 fully saturated rings. The van der Waals surface area contributed by atoms with Crippen molar-refractivity contribution in [3.05, 3.63) is 35.9 Å². The number of hydrogen-bond acceptors (Lipinski definition) is 4. The molecule has 0 saturated carbocycles. The molecule has 1 heterocycles. The van der Waals surface area contributed by atoms with Crippen LogP contribution in [0.1, 0.15) is 25.5 Å². The van der Waals surface area contributed by atoms with Crippen LogP contribution in [0.4, 0.5) is 0 Å². The maximum absolute atomic E-state index is 11.6. The minimum Gasteiger partial charge on any atom is -0.296 e. The molecule has 1 aromatic rings. The number of benzene rings is 1. The molecule has 1 saturated heterocycles. The van der Waals surface area contributed by atoms with E-state index in [4.69, 9.17) is 20.3 Å². The van der Waals surface area contributed by atoms with Crippen molar-refractivity contribution in [3.63, 3.8) is 0 Å². The largest absolute Gasteiger partial charge is 0.424 e. The van der Waals surface area contributed by atoms with Gasteiger partial charge in [-0.1, -0.05) is 44.2 Å². The molecule has 1 aromatic carbocycles. The van der Waals surface area contributed by atoms with E-state index < -0.39 is 12.1 Å². The maximum atomic E-state index is 11.6. The van der Waals surface area contributed by atoms with E-state index in [2.05, 4.69) is 33.7 Å². The molecular formula is C11H14Cl4O4P2. The van der Waals surface area contributed by atoms with Gasteiger partial charge in [0, 0.05) is 16.7 Å². The number of rotatable bonds is 1. The van der Waals surface area contributed by atoms with Gasteiger partial charge in [0.25, 0.3) is 0 Å². The lowest BCUT2D eigenvalue weighted by atomic mass is 9.83. The lowest BCUT2D eigenvalue weighted by Gasteiger charge is -2.39. The SMILES string of the molecule is CC1(C)CO[P@](=O)(Cl)OC1c1ccccc1.O=P(Cl)(Cl)Cl. The molecule has 0 radical (unpaired) electrons. The summed E-state index contributed by atoms with van der Waals surface area (Å²) in [5.41, 5.74) is 0.723. The smallest absolute Gasteiger partial charge is 0.296 e. The van der Waals surface area contributed by atoms with Crippen molar-refractivity contribution >= 4 is 57.1 Å². The van der Waals surface area contributed by atoms with Gasteiger partial charge in [0.05, 0.1) is 6.61 Å². The summed E-state index contributed by atoms with van der Waals surface area (Å²) < 4.78 is 31.5. The third-order valence-electron chi connectivity index (χ3n) is 2.63. The molecule has 1 unspecified atom stereocenters. The van der Waals surface area contributed by atoms with Gasteiger partial charge in [0.2, 0.25) is 0 Å². The molecule has 0 amide bonds. The second kappa shape index (κ2) is 7.55. The van der Waals surface area contributed by atoms with Gasteiger partial charge in [-0.25, -0.2) is 4.57 Å². The summed E-state index contributed by atoms with van der Waals surface area (Å²) in [4.78, 5) is 0. The fourth-order valence-electron chi connectivity index (χ4n) is 1.76. The average Bonchev–Trinajstić information content (AvgIpc) is 2.32. The van der Waals surface area contributed by atoms with Crippen molar-refractivity contribution in [2.75, 3.05) is 6.61 Å². The highest BCUT2D eigenvalue weighted by Gasteiger charge is 2.44. The van der Waals surface area contributed by atoms with E-state index >= 15 is 0 Å². The van der Waals surface area contributed by atoms with Crippen LogP contribution in [0.3, 0.4) is 0 Å². The van der Waals surface area contributed by atoms with Gasteiger partial charge < -0.3 is 0 Å². The first-order valence-electron chi connectivity index (χ1n) is 5.77. The standard InChI is InChI=1S/C11H14ClO3P.Cl3OP/c1-11(2)8-14-16(12,13)15-10(11)9-6-4-3-5-7-9;1-5(2,3)4/h3-7,10H,8H2,1-2H3;/t10?,16-;/m1./s1. The van der Waals surface area contributed by atoms with Crippen molar-refractivity contribution in [1.82, 2.24) is 0 Å². The molecule has 21 heavy (non-hydrogen) atoms. The Morgan fingerprint density at radius 2 is 1.71 bits per heavy atom. The fraction of sp³-hybridized carbons (Fsp3) is 0.455. The van der Waals surface area contributed by atoms with Crippen molar-refractivity contribution in [2.24, 2.45) is 5.41 Å². The van der Waals surface area contributed by atoms with Crippen LogP contribution < -0.4 is 0 Å². The molecule has 2 rings (SSSR count). The zero-order chi connectivity index (χ0) is 16.3. The fourth-order valence-corrected chi connectivity index (χ4v) is 3.35. The average molecular weight is 414 g/mol. The van der Waals surface area contributed by atoms with Crippen molar-refractivity contribution < 1.29 is 18.2 Å². The Balaban J connectivity index is 0.000000383. The summed E-state index contributed by atoms with van der Waals surface area (Å²) >= 11 is 19.5. The highest BCUT2D eigenvalue weighted by molar-refractivity contribution is 8.24. The molecule has 0 aliphatic carbocycles. The Kier molecular flexibility index (Phi) is 7.12. The number of halogens is 4. The van der Waals surface area contributed by atoms with Gasteiger partial charge in [-0.15, -0.1) is 0 Å². The van der Waals surface area contributed by atoms with E-state index in [0.717, 1.165) is 5.56 Å². The topological polar surface area (TPSA) is 52.6 Å². The van der Waals surface area contributed by atoms with Crippen molar-refractivity contribution in [3.8, 4) is 0 Å². The zero-order valence-electron chi connectivity index (χ0n) is 11.2. The monoisotopic (exact) mass is 412 g/mol. The second-order valence-corrected chi connectivity index (χ2v) is 14.2. The second-order valence-electron chi connectivity index (χ2n) is 4.99. The van der Waals surface area contributed by atoms with Gasteiger partial charge in [-0.3, -0.25) is 13.6 Å². The Labute approximate surface area is 143 Å². The van der Waals surface area contributed by atoms with Crippen LogP contribution >= 0.6 is 57.1 Å². The van der Waals surface area contributed by atoms with Gasteiger partial charge in [-0.05, 0) is 39.3 Å². The number of hydrogen-bond donors (Lipinski definition) is 0. The van der Waals surface area contributed by atoms with Crippen LogP contribution in [0, 0.1) is 5.41 Å². The molecule has 0 aromatic heterocycles. The Morgan fingerprint density at radius 1 is 1.24 bits per heavy atom.